The molecule has 4 rings (SSSR count). The zero-order valence-corrected chi connectivity index (χ0v) is 18.5. The van der Waals surface area contributed by atoms with E-state index in [4.69, 9.17) is 18.9 Å². The molecule has 10 heteroatoms. The number of nitrogens with zero attached hydrogens (tertiary/aromatic N) is 3. The topological polar surface area (TPSA) is 115 Å². The summed E-state index contributed by atoms with van der Waals surface area (Å²) < 4.78 is 22.9. The Balaban J connectivity index is 1.74. The first-order valence-corrected chi connectivity index (χ1v) is 9.89. The van der Waals surface area contributed by atoms with Crippen molar-refractivity contribution in [3.63, 3.8) is 0 Å². The molecule has 0 fully saturated rings. The van der Waals surface area contributed by atoms with Crippen LogP contribution in [0.3, 0.4) is 0 Å². The summed E-state index contributed by atoms with van der Waals surface area (Å²) in [6.45, 7) is 1.61. The second kappa shape index (κ2) is 8.29. The van der Waals surface area contributed by atoms with E-state index in [0.717, 1.165) is 15.0 Å². The summed E-state index contributed by atoms with van der Waals surface area (Å²) in [6, 6.07) is 8.16. The molecule has 2 heterocycles. The molecule has 32 heavy (non-hydrogen) atoms. The molecule has 3 aromatic rings. The van der Waals surface area contributed by atoms with Gasteiger partial charge in [0.05, 0.1) is 40.5 Å². The third-order valence-electron chi connectivity index (χ3n) is 5.59. The molecule has 1 unspecified atom stereocenters. The summed E-state index contributed by atoms with van der Waals surface area (Å²) in [4.78, 5) is 0. The molecule has 0 amide bonds. The lowest BCUT2D eigenvalue weighted by Crippen LogP contribution is -2.46. The van der Waals surface area contributed by atoms with E-state index in [2.05, 4.69) is 10.5 Å². The first-order valence-electron chi connectivity index (χ1n) is 9.89. The van der Waals surface area contributed by atoms with Gasteiger partial charge in [-0.15, -0.1) is 0 Å². The fourth-order valence-corrected chi connectivity index (χ4v) is 3.92. The van der Waals surface area contributed by atoms with Gasteiger partial charge in [-0.3, -0.25) is 0 Å². The predicted molar refractivity (Wildman–Crippen MR) is 116 cm³/mol. The Hall–Kier alpha value is -3.95. The molecule has 1 aliphatic rings. The van der Waals surface area contributed by atoms with Crippen LogP contribution in [0.5, 0.6) is 23.0 Å². The van der Waals surface area contributed by atoms with Crippen LogP contribution in [0.25, 0.3) is 11.0 Å². The molecule has 0 radical (unpaired) electrons. The number of aromatic nitrogens is 2. The summed E-state index contributed by atoms with van der Waals surface area (Å²) in [5, 5.41) is 30.5. The van der Waals surface area contributed by atoms with Gasteiger partial charge in [0.1, 0.15) is 11.5 Å². The quantitative estimate of drug-likeness (QED) is 0.460. The standard InChI is InChI=1S/C22H24N4O6/c1-12-21(26(28)18-10-14(29-2)6-7-17(18)25(12)27)16-11-15(23-24-16)13-8-19(30-3)22(32-5)20(9-13)31-4/h6-10,15,23H,11H2,1-5H3. The van der Waals surface area contributed by atoms with Gasteiger partial charge < -0.3 is 34.8 Å². The molecule has 0 spiro atoms. The minimum Gasteiger partial charge on any atom is -0.618 e. The molecule has 0 aliphatic carbocycles. The average molecular weight is 440 g/mol. The number of hydrogen-bond donors (Lipinski definition) is 1. The van der Waals surface area contributed by atoms with E-state index in [0.29, 0.717) is 35.1 Å². The van der Waals surface area contributed by atoms with E-state index < -0.39 is 0 Å². The van der Waals surface area contributed by atoms with Crippen molar-refractivity contribution in [3.05, 3.63) is 57.7 Å². The maximum absolute atomic E-state index is 13.2. The number of hydrogen-bond acceptors (Lipinski definition) is 8. The molecule has 0 bridgehead atoms. The Morgan fingerprint density at radius 1 is 0.906 bits per heavy atom. The van der Waals surface area contributed by atoms with Crippen LogP contribution in [0.2, 0.25) is 0 Å². The molecule has 1 atom stereocenters. The first kappa shape index (κ1) is 21.3. The fraction of sp³-hybridized carbons (Fsp3) is 0.318. The third kappa shape index (κ3) is 3.33. The van der Waals surface area contributed by atoms with Crippen molar-refractivity contribution in [3.8, 4) is 23.0 Å². The first-order chi connectivity index (χ1) is 15.4. The SMILES string of the molecule is COc1ccc2c(c1)[n+]([O-])c(C1=NNC(c3cc(OC)c(OC)c(OC)c3)C1)c(C)[n+]2[O-]. The Kier molecular flexibility index (Phi) is 5.52. The van der Waals surface area contributed by atoms with Crippen LogP contribution in [0.1, 0.15) is 29.4 Å². The highest BCUT2D eigenvalue weighted by Crippen LogP contribution is 2.41. The smallest absolute Gasteiger partial charge is 0.309 e. The highest BCUT2D eigenvalue weighted by Gasteiger charge is 2.34. The van der Waals surface area contributed by atoms with Crippen LogP contribution in [-0.2, 0) is 0 Å². The predicted octanol–water partition coefficient (Wildman–Crippen LogP) is 1.89. The van der Waals surface area contributed by atoms with Crippen molar-refractivity contribution in [1.82, 2.24) is 5.43 Å². The Morgan fingerprint density at radius 2 is 1.59 bits per heavy atom. The third-order valence-corrected chi connectivity index (χ3v) is 5.59. The van der Waals surface area contributed by atoms with Crippen LogP contribution in [-0.4, -0.2) is 34.2 Å². The molecule has 1 N–H and O–H groups in total. The zero-order chi connectivity index (χ0) is 23.0. The van der Waals surface area contributed by atoms with Crippen LogP contribution in [0, 0.1) is 17.3 Å². The van der Waals surface area contributed by atoms with Gasteiger partial charge in [0, 0.05) is 19.4 Å². The summed E-state index contributed by atoms with van der Waals surface area (Å²) >= 11 is 0. The number of hydrazone groups is 1. The van der Waals surface area contributed by atoms with Gasteiger partial charge in [-0.25, -0.2) is 0 Å². The summed E-state index contributed by atoms with van der Waals surface area (Å²) in [7, 11) is 6.14. The zero-order valence-electron chi connectivity index (χ0n) is 18.5. The maximum atomic E-state index is 13.2. The van der Waals surface area contributed by atoms with E-state index in [9.17, 15) is 10.4 Å². The van der Waals surface area contributed by atoms with Crippen molar-refractivity contribution in [2.24, 2.45) is 5.10 Å². The molecule has 1 aliphatic heterocycles. The molecular formula is C22H24N4O6. The summed E-state index contributed by atoms with van der Waals surface area (Å²) in [6.07, 6.45) is 0.386. The van der Waals surface area contributed by atoms with Crippen molar-refractivity contribution in [1.29, 1.82) is 0 Å². The molecule has 168 valence electrons. The number of fused-ring (bicyclic) bond motifs is 1. The molecular weight excluding hydrogens is 416 g/mol. The second-order valence-corrected chi connectivity index (χ2v) is 7.28. The van der Waals surface area contributed by atoms with E-state index in [-0.39, 0.29) is 28.5 Å². The van der Waals surface area contributed by atoms with E-state index in [1.54, 1.807) is 39.3 Å². The molecule has 1 aromatic heterocycles. The molecule has 0 saturated carbocycles. The summed E-state index contributed by atoms with van der Waals surface area (Å²) in [5.41, 5.74) is 5.32. The minimum absolute atomic E-state index is 0.207. The maximum Gasteiger partial charge on any atom is 0.309 e. The molecule has 2 aromatic carbocycles. The molecule has 10 nitrogen and oxygen atoms in total. The van der Waals surface area contributed by atoms with Gasteiger partial charge in [-0.05, 0) is 23.8 Å². The van der Waals surface area contributed by atoms with E-state index in [1.807, 2.05) is 12.1 Å². The monoisotopic (exact) mass is 440 g/mol. The number of ether oxygens (including phenoxy) is 4. The average Bonchev–Trinajstić information content (AvgIpc) is 3.31. The van der Waals surface area contributed by atoms with Crippen molar-refractivity contribution in [2.45, 2.75) is 19.4 Å². The lowest BCUT2D eigenvalue weighted by Gasteiger charge is -2.17. The molecule has 0 saturated heterocycles. The van der Waals surface area contributed by atoms with Crippen molar-refractivity contribution >= 4 is 16.7 Å². The fourth-order valence-electron chi connectivity index (χ4n) is 3.92. The Labute approximate surface area is 184 Å². The highest BCUT2D eigenvalue weighted by molar-refractivity contribution is 6.00. The Morgan fingerprint density at radius 3 is 2.19 bits per heavy atom. The van der Waals surface area contributed by atoms with E-state index in [1.165, 1.54) is 14.2 Å². The lowest BCUT2D eigenvalue weighted by atomic mass is 9.99. The number of rotatable bonds is 6. The lowest BCUT2D eigenvalue weighted by molar-refractivity contribution is -0.634. The highest BCUT2D eigenvalue weighted by atomic mass is 16.5. The van der Waals surface area contributed by atoms with Gasteiger partial charge >= 0.3 is 5.69 Å². The van der Waals surface area contributed by atoms with Gasteiger partial charge in [-0.1, -0.05) is 0 Å². The minimum atomic E-state index is -0.251. The number of benzene rings is 2. The van der Waals surface area contributed by atoms with Gasteiger partial charge in [-0.2, -0.15) is 14.6 Å². The second-order valence-electron chi connectivity index (χ2n) is 7.28. The van der Waals surface area contributed by atoms with Gasteiger partial charge in [0.25, 0.3) is 16.7 Å². The summed E-state index contributed by atoms with van der Waals surface area (Å²) in [5.74, 6) is 2.01. The van der Waals surface area contributed by atoms with Gasteiger partial charge in [0.2, 0.25) is 5.75 Å². The largest absolute Gasteiger partial charge is 0.618 e. The number of nitrogens with one attached hydrogen (secondary N) is 1. The normalized spacial score (nSPS) is 15.3. The van der Waals surface area contributed by atoms with Crippen molar-refractivity contribution < 1.29 is 28.4 Å². The van der Waals surface area contributed by atoms with Crippen LogP contribution >= 0.6 is 0 Å². The Bertz CT molecular complexity index is 1200. The number of methoxy groups -OCH3 is 4. The van der Waals surface area contributed by atoms with Crippen LogP contribution in [0.15, 0.2) is 35.4 Å². The van der Waals surface area contributed by atoms with Gasteiger partial charge in [0.15, 0.2) is 11.5 Å². The van der Waals surface area contributed by atoms with Crippen LogP contribution in [0.4, 0.5) is 0 Å². The van der Waals surface area contributed by atoms with Crippen LogP contribution < -0.4 is 33.8 Å². The van der Waals surface area contributed by atoms with Crippen molar-refractivity contribution in [2.75, 3.05) is 28.4 Å². The van der Waals surface area contributed by atoms with E-state index >= 15 is 0 Å².